The molecule has 1 amide bonds. The number of hydrogen-bond donors (Lipinski definition) is 2. The number of anilines is 1. The Labute approximate surface area is 118 Å². The summed E-state index contributed by atoms with van der Waals surface area (Å²) in [6.07, 6.45) is -4.26. The van der Waals surface area contributed by atoms with Crippen LogP contribution in [-0.4, -0.2) is 15.8 Å². The Morgan fingerprint density at radius 1 is 1.36 bits per heavy atom. The fraction of sp³-hybridized carbons (Fsp3) is 0.0909. The lowest BCUT2D eigenvalue weighted by Gasteiger charge is -2.08. The van der Waals surface area contributed by atoms with E-state index in [1.807, 2.05) is 10.3 Å². The van der Waals surface area contributed by atoms with E-state index >= 15 is 0 Å². The molecule has 11 heteroatoms. The first-order valence-corrected chi connectivity index (χ1v) is 5.54. The molecule has 0 unspecified atom stereocenters. The molecule has 2 aromatic heterocycles. The van der Waals surface area contributed by atoms with Gasteiger partial charge in [-0.2, -0.15) is 13.2 Å². The van der Waals surface area contributed by atoms with Crippen LogP contribution in [0, 0.1) is 10.1 Å². The van der Waals surface area contributed by atoms with E-state index in [-0.39, 0.29) is 0 Å². The van der Waals surface area contributed by atoms with Crippen LogP contribution in [0.4, 0.5) is 24.7 Å². The van der Waals surface area contributed by atoms with Gasteiger partial charge in [0.05, 0.1) is 11.6 Å². The third kappa shape index (κ3) is 3.13. The number of carbonyl (C=O) groups excluding carboxylic acids is 1. The third-order valence-electron chi connectivity index (χ3n) is 2.47. The van der Waals surface area contributed by atoms with E-state index in [1.54, 1.807) is 0 Å². The molecule has 0 aliphatic heterocycles. The fourth-order valence-corrected chi connectivity index (χ4v) is 1.47. The number of nitro groups is 1. The largest absolute Gasteiger partial charge is 0.433 e. The van der Waals surface area contributed by atoms with Crippen LogP contribution < -0.4 is 10.9 Å². The van der Waals surface area contributed by atoms with E-state index in [4.69, 9.17) is 0 Å². The van der Waals surface area contributed by atoms with Crippen molar-refractivity contribution in [2.75, 3.05) is 5.32 Å². The second-order valence-corrected chi connectivity index (χ2v) is 3.98. The minimum Gasteiger partial charge on any atom is -0.395 e. The van der Waals surface area contributed by atoms with Crippen molar-refractivity contribution in [1.29, 1.82) is 0 Å². The fourth-order valence-electron chi connectivity index (χ4n) is 1.47. The maximum absolute atomic E-state index is 12.5. The molecule has 22 heavy (non-hydrogen) atoms. The van der Waals surface area contributed by atoms with Gasteiger partial charge < -0.3 is 14.7 Å². The molecule has 0 fully saturated rings. The Bertz CT molecular complexity index is 793. The molecule has 0 aliphatic rings. The van der Waals surface area contributed by atoms with Crippen LogP contribution in [0.1, 0.15) is 16.1 Å². The number of H-pyrrole nitrogens is 1. The molecule has 2 N–H and O–H groups in total. The highest BCUT2D eigenvalue weighted by Crippen LogP contribution is 2.29. The van der Waals surface area contributed by atoms with Crippen molar-refractivity contribution >= 4 is 17.5 Å². The first-order chi connectivity index (χ1) is 10.2. The quantitative estimate of drug-likeness (QED) is 0.664. The van der Waals surface area contributed by atoms with Crippen LogP contribution in [0.15, 0.2) is 33.6 Å². The molecular formula is C11H6F3N3O5. The number of nitrogens with zero attached hydrogens (tertiary/aromatic N) is 1. The number of aromatic amines is 1. The molecule has 8 nitrogen and oxygen atoms in total. The first kappa shape index (κ1) is 15.3. The summed E-state index contributed by atoms with van der Waals surface area (Å²) in [5.41, 5.74) is -2.81. The van der Waals surface area contributed by atoms with Gasteiger partial charge in [0, 0.05) is 6.20 Å². The van der Waals surface area contributed by atoms with Gasteiger partial charge in [-0.05, 0) is 12.1 Å². The van der Waals surface area contributed by atoms with Gasteiger partial charge in [0.15, 0.2) is 5.76 Å². The number of nitrogens with one attached hydrogen (secondary N) is 2. The highest BCUT2D eigenvalue weighted by Gasteiger charge is 2.31. The van der Waals surface area contributed by atoms with Crippen molar-refractivity contribution in [2.24, 2.45) is 0 Å². The summed E-state index contributed by atoms with van der Waals surface area (Å²) < 4.78 is 42.1. The molecule has 0 aromatic carbocycles. The highest BCUT2D eigenvalue weighted by molar-refractivity contribution is 6.02. The van der Waals surface area contributed by atoms with Crippen molar-refractivity contribution in [3.8, 4) is 0 Å². The summed E-state index contributed by atoms with van der Waals surface area (Å²) in [6.45, 7) is 0. The molecular weight excluding hydrogens is 311 g/mol. The molecule has 0 bridgehead atoms. The van der Waals surface area contributed by atoms with E-state index in [1.165, 1.54) is 0 Å². The normalized spacial score (nSPS) is 11.2. The lowest BCUT2D eigenvalue weighted by atomic mass is 10.2. The van der Waals surface area contributed by atoms with E-state index < -0.39 is 45.5 Å². The van der Waals surface area contributed by atoms with E-state index in [0.717, 1.165) is 12.1 Å². The zero-order chi connectivity index (χ0) is 16.5. The number of alkyl halides is 3. The number of rotatable bonds is 3. The lowest BCUT2D eigenvalue weighted by Crippen LogP contribution is -2.21. The smallest absolute Gasteiger partial charge is 0.395 e. The summed E-state index contributed by atoms with van der Waals surface area (Å²) in [6, 6.07) is 2.29. The van der Waals surface area contributed by atoms with Crippen LogP contribution in [-0.2, 0) is 6.18 Å². The predicted octanol–water partition coefficient (Wildman–Crippen LogP) is 2.15. The van der Waals surface area contributed by atoms with Gasteiger partial charge in [-0.3, -0.25) is 19.7 Å². The van der Waals surface area contributed by atoms with Gasteiger partial charge in [-0.15, -0.1) is 0 Å². The zero-order valence-electron chi connectivity index (χ0n) is 10.4. The molecule has 0 saturated carbocycles. The standard InChI is InChI=1S/C11H6F3N3O5/c12-11(13,14)5-3-6(9(18)15-4-5)16-10(19)7-1-2-8(22-7)17(20)21/h1-4H,(H,15,18)(H,16,19). The van der Waals surface area contributed by atoms with Crippen molar-refractivity contribution in [2.45, 2.75) is 6.18 Å². The summed E-state index contributed by atoms with van der Waals surface area (Å²) in [7, 11) is 0. The number of carbonyl (C=O) groups is 1. The Kier molecular flexibility index (Phi) is 3.72. The van der Waals surface area contributed by atoms with Crippen molar-refractivity contribution in [1.82, 2.24) is 4.98 Å². The van der Waals surface area contributed by atoms with Crippen LogP contribution >= 0.6 is 0 Å². The second kappa shape index (κ2) is 5.35. The number of amides is 1. The average Bonchev–Trinajstić information content (AvgIpc) is 2.89. The minimum atomic E-state index is -4.72. The van der Waals surface area contributed by atoms with E-state index in [9.17, 15) is 32.9 Å². The van der Waals surface area contributed by atoms with Crippen LogP contribution in [0.2, 0.25) is 0 Å². The van der Waals surface area contributed by atoms with Gasteiger partial charge in [0.25, 0.3) is 11.5 Å². The predicted molar refractivity (Wildman–Crippen MR) is 65.4 cm³/mol. The minimum absolute atomic E-state index is 0.439. The average molecular weight is 317 g/mol. The Morgan fingerprint density at radius 3 is 2.59 bits per heavy atom. The second-order valence-electron chi connectivity index (χ2n) is 3.98. The number of hydrogen-bond acceptors (Lipinski definition) is 5. The molecule has 2 heterocycles. The Morgan fingerprint density at radius 2 is 2.05 bits per heavy atom. The van der Waals surface area contributed by atoms with Gasteiger partial charge >= 0.3 is 12.1 Å². The van der Waals surface area contributed by atoms with Gasteiger partial charge in [-0.25, -0.2) is 0 Å². The number of halogens is 3. The summed E-state index contributed by atoms with van der Waals surface area (Å²) >= 11 is 0. The summed E-state index contributed by atoms with van der Waals surface area (Å²) in [5, 5.41) is 12.3. The van der Waals surface area contributed by atoms with Crippen molar-refractivity contribution in [3.63, 3.8) is 0 Å². The van der Waals surface area contributed by atoms with Gasteiger partial charge in [0.2, 0.25) is 0 Å². The monoisotopic (exact) mass is 317 g/mol. The van der Waals surface area contributed by atoms with E-state index in [2.05, 4.69) is 4.42 Å². The summed E-state index contributed by atoms with van der Waals surface area (Å²) in [4.78, 5) is 34.4. The number of pyridine rings is 1. The van der Waals surface area contributed by atoms with Crippen molar-refractivity contribution < 1.29 is 27.3 Å². The molecule has 0 saturated heterocycles. The Hall–Kier alpha value is -3.11. The van der Waals surface area contributed by atoms with E-state index in [0.29, 0.717) is 12.3 Å². The van der Waals surface area contributed by atoms with Crippen LogP contribution in [0.3, 0.4) is 0 Å². The maximum atomic E-state index is 12.5. The molecule has 0 radical (unpaired) electrons. The number of aromatic nitrogens is 1. The zero-order valence-corrected chi connectivity index (χ0v) is 10.4. The number of furan rings is 1. The van der Waals surface area contributed by atoms with Crippen molar-refractivity contribution in [3.05, 3.63) is 56.2 Å². The molecule has 0 spiro atoms. The van der Waals surface area contributed by atoms with Crippen LogP contribution in [0.5, 0.6) is 0 Å². The topological polar surface area (TPSA) is 118 Å². The van der Waals surface area contributed by atoms with Gasteiger partial charge in [-0.1, -0.05) is 0 Å². The molecule has 0 atom stereocenters. The SMILES string of the molecule is O=C(Nc1cc(C(F)(F)F)c[nH]c1=O)c1ccc([N+](=O)[O-])o1. The molecule has 0 aliphatic carbocycles. The molecule has 2 rings (SSSR count). The van der Waals surface area contributed by atoms with Gasteiger partial charge in [0.1, 0.15) is 10.6 Å². The Balaban J connectivity index is 2.28. The summed E-state index contributed by atoms with van der Waals surface area (Å²) in [5.74, 6) is -2.34. The first-order valence-electron chi connectivity index (χ1n) is 5.54. The molecule has 116 valence electrons. The third-order valence-corrected chi connectivity index (χ3v) is 2.47. The maximum Gasteiger partial charge on any atom is 0.433 e. The highest BCUT2D eigenvalue weighted by atomic mass is 19.4. The van der Waals surface area contributed by atoms with Crippen LogP contribution in [0.25, 0.3) is 0 Å². The lowest BCUT2D eigenvalue weighted by molar-refractivity contribution is -0.402. The molecule has 2 aromatic rings.